The Morgan fingerprint density at radius 1 is 1.55 bits per heavy atom. The highest BCUT2D eigenvalue weighted by molar-refractivity contribution is 9.10. The second-order valence-electron chi connectivity index (χ2n) is 5.05. The molecule has 2 N–H and O–H groups in total. The highest BCUT2D eigenvalue weighted by atomic mass is 79.9. The maximum absolute atomic E-state index is 11.6. The van der Waals surface area contributed by atoms with Crippen LogP contribution in [0.15, 0.2) is 16.6 Å². The quantitative estimate of drug-likeness (QED) is 0.488. The van der Waals surface area contributed by atoms with Crippen LogP contribution in [0.4, 0.5) is 5.69 Å². The third kappa shape index (κ3) is 3.96. The van der Waals surface area contributed by atoms with Gasteiger partial charge >= 0.3 is 0 Å². The van der Waals surface area contributed by atoms with Crippen LogP contribution in [0.1, 0.15) is 43.0 Å². The molecule has 5 heteroatoms. The van der Waals surface area contributed by atoms with Gasteiger partial charge in [0.15, 0.2) is 11.5 Å². The number of hydrogen-bond acceptors (Lipinski definition) is 4. The number of ketones is 1. The van der Waals surface area contributed by atoms with Gasteiger partial charge in [-0.2, -0.15) is 0 Å². The van der Waals surface area contributed by atoms with Gasteiger partial charge in [0.1, 0.15) is 0 Å². The first-order valence-electron chi connectivity index (χ1n) is 6.92. The lowest BCUT2D eigenvalue weighted by Gasteiger charge is -2.14. The molecule has 0 saturated carbocycles. The number of hydrogen-bond donors (Lipinski definition) is 1. The van der Waals surface area contributed by atoms with Crippen molar-refractivity contribution < 1.29 is 14.3 Å². The van der Waals surface area contributed by atoms with Crippen LogP contribution in [-0.4, -0.2) is 25.1 Å². The van der Waals surface area contributed by atoms with E-state index in [0.29, 0.717) is 29.7 Å². The van der Waals surface area contributed by atoms with E-state index in [0.717, 1.165) is 36.8 Å². The Balaban J connectivity index is 1.92. The number of carbonyl (C=O) groups is 1. The van der Waals surface area contributed by atoms with Crippen LogP contribution in [0.3, 0.4) is 0 Å². The molecule has 0 bridgehead atoms. The molecule has 4 nitrogen and oxygen atoms in total. The van der Waals surface area contributed by atoms with Gasteiger partial charge in [0.05, 0.1) is 24.0 Å². The SMILES string of the molecule is CC(=O)c1cc(Br)cc(N)c1OCCCC1CCCO1. The summed E-state index contributed by atoms with van der Waals surface area (Å²) in [5.74, 6) is 0.445. The Morgan fingerprint density at radius 2 is 2.35 bits per heavy atom. The summed E-state index contributed by atoms with van der Waals surface area (Å²) in [5, 5.41) is 0. The fourth-order valence-corrected chi connectivity index (χ4v) is 2.87. The summed E-state index contributed by atoms with van der Waals surface area (Å²) in [6, 6.07) is 3.50. The van der Waals surface area contributed by atoms with Gasteiger partial charge in [0, 0.05) is 11.1 Å². The summed E-state index contributed by atoms with van der Waals surface area (Å²) < 4.78 is 12.1. The van der Waals surface area contributed by atoms with Crippen molar-refractivity contribution in [1.82, 2.24) is 0 Å². The van der Waals surface area contributed by atoms with Crippen molar-refractivity contribution in [3.63, 3.8) is 0 Å². The Morgan fingerprint density at radius 3 is 3.00 bits per heavy atom. The van der Waals surface area contributed by atoms with E-state index in [1.807, 2.05) is 0 Å². The number of nitrogens with two attached hydrogens (primary N) is 1. The molecule has 1 saturated heterocycles. The molecular formula is C15H20BrNO3. The van der Waals surface area contributed by atoms with Gasteiger partial charge in [-0.25, -0.2) is 0 Å². The molecule has 1 aromatic rings. The Bertz CT molecular complexity index is 484. The van der Waals surface area contributed by atoms with E-state index in [9.17, 15) is 4.79 Å². The molecule has 1 fully saturated rings. The van der Waals surface area contributed by atoms with Crippen LogP contribution in [0.25, 0.3) is 0 Å². The number of benzene rings is 1. The molecule has 1 aliphatic heterocycles. The molecule has 110 valence electrons. The minimum Gasteiger partial charge on any atom is -0.491 e. The summed E-state index contributed by atoms with van der Waals surface area (Å²) in [4.78, 5) is 11.6. The second-order valence-corrected chi connectivity index (χ2v) is 5.97. The maximum atomic E-state index is 11.6. The van der Waals surface area contributed by atoms with E-state index in [4.69, 9.17) is 15.2 Å². The zero-order chi connectivity index (χ0) is 14.5. The molecule has 1 unspecified atom stereocenters. The highest BCUT2D eigenvalue weighted by Gasteiger charge is 2.16. The van der Waals surface area contributed by atoms with Crippen molar-refractivity contribution in [2.45, 2.75) is 38.7 Å². The number of carbonyl (C=O) groups excluding carboxylic acids is 1. The summed E-state index contributed by atoms with van der Waals surface area (Å²) in [6.45, 7) is 2.94. The number of ether oxygens (including phenoxy) is 2. The molecule has 0 aromatic heterocycles. The van der Waals surface area contributed by atoms with E-state index in [2.05, 4.69) is 15.9 Å². The van der Waals surface area contributed by atoms with Gasteiger partial charge in [-0.05, 0) is 44.7 Å². The third-order valence-corrected chi connectivity index (χ3v) is 3.86. The minimum absolute atomic E-state index is 0.0490. The van der Waals surface area contributed by atoms with Crippen LogP contribution >= 0.6 is 15.9 Å². The Hall–Kier alpha value is -1.07. The molecule has 20 heavy (non-hydrogen) atoms. The number of Topliss-reactive ketones (excluding diaryl/α,β-unsaturated/α-hetero) is 1. The topological polar surface area (TPSA) is 61.6 Å². The van der Waals surface area contributed by atoms with Crippen LogP contribution in [-0.2, 0) is 4.74 Å². The number of nitrogen functional groups attached to an aromatic ring is 1. The fraction of sp³-hybridized carbons (Fsp3) is 0.533. The summed E-state index contributed by atoms with van der Waals surface area (Å²) >= 11 is 3.34. The van der Waals surface area contributed by atoms with Crippen molar-refractivity contribution in [1.29, 1.82) is 0 Å². The van der Waals surface area contributed by atoms with Crippen molar-refractivity contribution in [2.24, 2.45) is 0 Å². The van der Waals surface area contributed by atoms with Crippen LogP contribution < -0.4 is 10.5 Å². The van der Waals surface area contributed by atoms with Gasteiger partial charge in [-0.15, -0.1) is 0 Å². The lowest BCUT2D eigenvalue weighted by molar-refractivity contribution is 0.0971. The lowest BCUT2D eigenvalue weighted by Crippen LogP contribution is -2.10. The van der Waals surface area contributed by atoms with E-state index in [1.165, 1.54) is 6.92 Å². The molecule has 2 rings (SSSR count). The number of halogens is 1. The van der Waals surface area contributed by atoms with E-state index in [1.54, 1.807) is 12.1 Å². The number of rotatable bonds is 6. The second kappa shape index (κ2) is 7.09. The van der Waals surface area contributed by atoms with Crippen LogP contribution in [0, 0.1) is 0 Å². The van der Waals surface area contributed by atoms with Gasteiger partial charge in [0.25, 0.3) is 0 Å². The van der Waals surface area contributed by atoms with Crippen LogP contribution in [0.5, 0.6) is 5.75 Å². The predicted molar refractivity (Wildman–Crippen MR) is 82.3 cm³/mol. The average Bonchev–Trinajstić information content (AvgIpc) is 2.88. The zero-order valence-electron chi connectivity index (χ0n) is 11.7. The summed E-state index contributed by atoms with van der Waals surface area (Å²) in [6.07, 6.45) is 4.55. The third-order valence-electron chi connectivity index (χ3n) is 3.40. The minimum atomic E-state index is -0.0490. The van der Waals surface area contributed by atoms with Gasteiger partial charge < -0.3 is 15.2 Å². The van der Waals surface area contributed by atoms with Gasteiger partial charge in [-0.3, -0.25) is 4.79 Å². The molecule has 0 radical (unpaired) electrons. The molecule has 1 heterocycles. The fourth-order valence-electron chi connectivity index (χ4n) is 2.39. The predicted octanol–water partition coefficient (Wildman–Crippen LogP) is 3.57. The lowest BCUT2D eigenvalue weighted by atomic mass is 10.1. The van der Waals surface area contributed by atoms with Crippen molar-refractivity contribution in [3.05, 3.63) is 22.2 Å². The van der Waals surface area contributed by atoms with Gasteiger partial charge in [0.2, 0.25) is 0 Å². The molecule has 1 aromatic carbocycles. The van der Waals surface area contributed by atoms with Gasteiger partial charge in [-0.1, -0.05) is 15.9 Å². The first kappa shape index (κ1) is 15.3. The number of anilines is 1. The van der Waals surface area contributed by atoms with E-state index in [-0.39, 0.29) is 5.78 Å². The smallest absolute Gasteiger partial charge is 0.163 e. The molecule has 1 aliphatic rings. The molecule has 1 atom stereocenters. The molecule has 0 aliphatic carbocycles. The normalized spacial score (nSPS) is 18.2. The Kier molecular flexibility index (Phi) is 5.43. The monoisotopic (exact) mass is 341 g/mol. The molecule has 0 amide bonds. The van der Waals surface area contributed by atoms with Crippen molar-refractivity contribution in [3.8, 4) is 5.75 Å². The highest BCUT2D eigenvalue weighted by Crippen LogP contribution is 2.31. The first-order chi connectivity index (χ1) is 9.58. The molecular weight excluding hydrogens is 322 g/mol. The standard InChI is InChI=1S/C15H20BrNO3/c1-10(18)13-8-11(16)9-14(17)15(13)20-7-3-5-12-4-2-6-19-12/h8-9,12H,2-7,17H2,1H3. The van der Waals surface area contributed by atoms with Crippen LogP contribution in [0.2, 0.25) is 0 Å². The van der Waals surface area contributed by atoms with Crippen molar-refractivity contribution in [2.75, 3.05) is 18.9 Å². The zero-order valence-corrected chi connectivity index (χ0v) is 13.2. The first-order valence-corrected chi connectivity index (χ1v) is 7.71. The van der Waals surface area contributed by atoms with Crippen molar-refractivity contribution >= 4 is 27.4 Å². The Labute approximate surface area is 127 Å². The largest absolute Gasteiger partial charge is 0.491 e. The summed E-state index contributed by atoms with van der Waals surface area (Å²) in [5.41, 5.74) is 6.94. The maximum Gasteiger partial charge on any atom is 0.163 e. The van der Waals surface area contributed by atoms with E-state index < -0.39 is 0 Å². The average molecular weight is 342 g/mol. The van der Waals surface area contributed by atoms with E-state index >= 15 is 0 Å². The summed E-state index contributed by atoms with van der Waals surface area (Å²) in [7, 11) is 0. The molecule has 0 spiro atoms.